The zero-order valence-corrected chi connectivity index (χ0v) is 13.8. The van der Waals surface area contributed by atoms with Gasteiger partial charge in [0.1, 0.15) is 5.75 Å². The quantitative estimate of drug-likeness (QED) is 0.586. The van der Waals surface area contributed by atoms with Crippen molar-refractivity contribution in [2.45, 2.75) is 20.4 Å². The van der Waals surface area contributed by atoms with Crippen LogP contribution in [0.15, 0.2) is 29.3 Å². The van der Waals surface area contributed by atoms with E-state index in [1.54, 1.807) is 14.1 Å². The average molecular weight is 306 g/mol. The number of carbonyl (C=O) groups excluding carboxylic acids is 1. The van der Waals surface area contributed by atoms with Gasteiger partial charge in [0.15, 0.2) is 12.6 Å². The van der Waals surface area contributed by atoms with Gasteiger partial charge in [0.25, 0.3) is 5.91 Å². The van der Waals surface area contributed by atoms with Crippen LogP contribution in [-0.2, 0) is 11.3 Å². The summed E-state index contributed by atoms with van der Waals surface area (Å²) in [6.45, 7) is 5.50. The maximum absolute atomic E-state index is 11.5. The number of nitrogens with one attached hydrogen (secondary N) is 1. The minimum absolute atomic E-state index is 0.0256. The largest absolute Gasteiger partial charge is 0.484 e. The summed E-state index contributed by atoms with van der Waals surface area (Å²) in [5, 5.41) is 3.07. The molecule has 6 heteroatoms. The van der Waals surface area contributed by atoms with E-state index in [4.69, 9.17) is 10.5 Å². The van der Waals surface area contributed by atoms with Gasteiger partial charge < -0.3 is 20.7 Å². The lowest BCUT2D eigenvalue weighted by Crippen LogP contribution is -2.34. The van der Waals surface area contributed by atoms with Gasteiger partial charge in [-0.15, -0.1) is 0 Å². The summed E-state index contributed by atoms with van der Waals surface area (Å²) in [5.41, 5.74) is 6.77. The van der Waals surface area contributed by atoms with Crippen molar-refractivity contribution in [2.24, 2.45) is 16.6 Å². The topological polar surface area (TPSA) is 80.0 Å². The van der Waals surface area contributed by atoms with E-state index in [0.29, 0.717) is 24.2 Å². The predicted octanol–water partition coefficient (Wildman–Crippen LogP) is 1.21. The van der Waals surface area contributed by atoms with Crippen LogP contribution in [0.5, 0.6) is 5.75 Å². The van der Waals surface area contributed by atoms with Gasteiger partial charge in [0.2, 0.25) is 0 Å². The molecule has 3 N–H and O–H groups in total. The summed E-state index contributed by atoms with van der Waals surface area (Å²) in [4.78, 5) is 17.3. The third kappa shape index (κ3) is 6.97. The van der Waals surface area contributed by atoms with E-state index in [9.17, 15) is 4.79 Å². The van der Waals surface area contributed by atoms with Crippen LogP contribution in [-0.4, -0.2) is 44.0 Å². The first-order valence-electron chi connectivity index (χ1n) is 7.34. The Morgan fingerprint density at radius 3 is 2.77 bits per heavy atom. The molecule has 0 unspecified atom stereocenters. The zero-order chi connectivity index (χ0) is 16.5. The van der Waals surface area contributed by atoms with Gasteiger partial charge in [-0.2, -0.15) is 0 Å². The Hall–Kier alpha value is -2.24. The number of benzene rings is 1. The van der Waals surface area contributed by atoms with E-state index in [1.807, 2.05) is 24.3 Å². The molecule has 0 aromatic heterocycles. The molecular weight excluding hydrogens is 280 g/mol. The van der Waals surface area contributed by atoms with Crippen LogP contribution in [0, 0.1) is 5.92 Å². The number of amides is 1. The summed E-state index contributed by atoms with van der Waals surface area (Å²) in [7, 11) is 3.40. The first-order valence-corrected chi connectivity index (χ1v) is 7.34. The monoisotopic (exact) mass is 306 g/mol. The van der Waals surface area contributed by atoms with Crippen LogP contribution in [0.2, 0.25) is 0 Å². The van der Waals surface area contributed by atoms with Gasteiger partial charge in [-0.1, -0.05) is 26.0 Å². The molecule has 0 atom stereocenters. The highest BCUT2D eigenvalue weighted by Gasteiger charge is 2.05. The van der Waals surface area contributed by atoms with Crippen LogP contribution in [0.25, 0.3) is 0 Å². The van der Waals surface area contributed by atoms with E-state index in [-0.39, 0.29) is 12.5 Å². The van der Waals surface area contributed by atoms with Crippen molar-refractivity contribution in [3.63, 3.8) is 0 Å². The van der Waals surface area contributed by atoms with Crippen LogP contribution >= 0.6 is 0 Å². The summed E-state index contributed by atoms with van der Waals surface area (Å²) >= 11 is 0. The summed E-state index contributed by atoms with van der Waals surface area (Å²) in [5.74, 6) is 1.52. The smallest absolute Gasteiger partial charge is 0.259 e. The first kappa shape index (κ1) is 17.8. The van der Waals surface area contributed by atoms with Gasteiger partial charge in [0.05, 0.1) is 6.54 Å². The molecule has 1 aromatic carbocycles. The second-order valence-corrected chi connectivity index (χ2v) is 5.70. The maximum Gasteiger partial charge on any atom is 0.259 e. The van der Waals surface area contributed by atoms with E-state index < -0.39 is 0 Å². The Morgan fingerprint density at radius 2 is 2.14 bits per heavy atom. The lowest BCUT2D eigenvalue weighted by atomic mass is 10.2. The molecule has 0 heterocycles. The van der Waals surface area contributed by atoms with Gasteiger partial charge in [-0.05, 0) is 23.6 Å². The van der Waals surface area contributed by atoms with Crippen molar-refractivity contribution in [3.8, 4) is 5.75 Å². The second kappa shape index (κ2) is 8.92. The number of nitrogens with two attached hydrogens (primary N) is 1. The highest BCUT2D eigenvalue weighted by molar-refractivity contribution is 5.78. The molecule has 122 valence electrons. The normalized spacial score (nSPS) is 11.4. The van der Waals surface area contributed by atoms with E-state index in [2.05, 4.69) is 24.2 Å². The summed E-state index contributed by atoms with van der Waals surface area (Å²) < 4.78 is 5.47. The lowest BCUT2D eigenvalue weighted by molar-refractivity contribution is -0.130. The highest BCUT2D eigenvalue weighted by atomic mass is 16.5. The zero-order valence-electron chi connectivity index (χ0n) is 13.8. The predicted molar refractivity (Wildman–Crippen MR) is 88.8 cm³/mol. The molecule has 0 aliphatic heterocycles. The molecule has 0 fully saturated rings. The minimum atomic E-state index is -0.0782. The number of aliphatic imine (C=N–C) groups is 1. The van der Waals surface area contributed by atoms with Gasteiger partial charge in [-0.25, -0.2) is 4.99 Å². The molecule has 6 nitrogen and oxygen atoms in total. The first-order chi connectivity index (χ1) is 10.4. The number of likely N-dealkylation sites (N-methyl/N-ethyl adjacent to an activating group) is 1. The number of carbonyl (C=O) groups is 1. The van der Waals surface area contributed by atoms with E-state index in [1.165, 1.54) is 4.90 Å². The Bertz CT molecular complexity index is 513. The fourth-order valence-corrected chi connectivity index (χ4v) is 1.55. The maximum atomic E-state index is 11.5. The Kier molecular flexibility index (Phi) is 7.22. The minimum Gasteiger partial charge on any atom is -0.484 e. The van der Waals surface area contributed by atoms with Crippen molar-refractivity contribution in [3.05, 3.63) is 29.8 Å². The van der Waals surface area contributed by atoms with Crippen LogP contribution in [0.4, 0.5) is 0 Å². The van der Waals surface area contributed by atoms with Crippen molar-refractivity contribution < 1.29 is 9.53 Å². The molecule has 0 aliphatic carbocycles. The summed E-state index contributed by atoms with van der Waals surface area (Å²) in [6.07, 6.45) is 0. The lowest BCUT2D eigenvalue weighted by Gasteiger charge is -2.12. The Morgan fingerprint density at radius 1 is 1.41 bits per heavy atom. The third-order valence-corrected chi connectivity index (χ3v) is 2.88. The number of hydrogen-bond acceptors (Lipinski definition) is 3. The third-order valence-electron chi connectivity index (χ3n) is 2.88. The van der Waals surface area contributed by atoms with Gasteiger partial charge in [0, 0.05) is 20.6 Å². The Balaban J connectivity index is 2.53. The highest BCUT2D eigenvalue weighted by Crippen LogP contribution is 2.14. The van der Waals surface area contributed by atoms with Crippen molar-refractivity contribution >= 4 is 11.9 Å². The van der Waals surface area contributed by atoms with Crippen molar-refractivity contribution in [1.82, 2.24) is 10.2 Å². The Labute approximate surface area is 132 Å². The number of guanidine groups is 1. The van der Waals surface area contributed by atoms with E-state index >= 15 is 0 Å². The summed E-state index contributed by atoms with van der Waals surface area (Å²) in [6, 6.07) is 7.50. The second-order valence-electron chi connectivity index (χ2n) is 5.70. The molecule has 1 rings (SSSR count). The molecule has 1 amide bonds. The van der Waals surface area contributed by atoms with Gasteiger partial charge in [-0.3, -0.25) is 4.79 Å². The molecule has 0 saturated carbocycles. The molecule has 1 aromatic rings. The van der Waals surface area contributed by atoms with Gasteiger partial charge >= 0.3 is 0 Å². The molecule has 0 bridgehead atoms. The number of ether oxygens (including phenoxy) is 1. The SMILES string of the molecule is CC(C)CNC(N)=NCc1cccc(OCC(=O)N(C)C)c1. The molecule has 0 spiro atoms. The standard InChI is InChI=1S/C16H26N4O2/c1-12(2)9-18-16(17)19-10-13-6-5-7-14(8-13)22-11-15(21)20(3)4/h5-8,12H,9-11H2,1-4H3,(H3,17,18,19). The molecule has 22 heavy (non-hydrogen) atoms. The van der Waals surface area contributed by atoms with Crippen molar-refractivity contribution in [1.29, 1.82) is 0 Å². The molecular formula is C16H26N4O2. The molecule has 0 aliphatic rings. The molecule has 0 radical (unpaired) electrons. The molecule has 0 saturated heterocycles. The average Bonchev–Trinajstić information content (AvgIpc) is 2.48. The van der Waals surface area contributed by atoms with Crippen LogP contribution in [0.3, 0.4) is 0 Å². The van der Waals surface area contributed by atoms with E-state index in [0.717, 1.165) is 12.1 Å². The number of rotatable bonds is 7. The number of nitrogens with zero attached hydrogens (tertiary/aromatic N) is 2. The fourth-order valence-electron chi connectivity index (χ4n) is 1.55. The van der Waals surface area contributed by atoms with Crippen LogP contribution < -0.4 is 15.8 Å². The van der Waals surface area contributed by atoms with Crippen molar-refractivity contribution in [2.75, 3.05) is 27.2 Å². The number of hydrogen-bond donors (Lipinski definition) is 2. The van der Waals surface area contributed by atoms with Crippen LogP contribution in [0.1, 0.15) is 19.4 Å². The fraction of sp³-hybridized carbons (Fsp3) is 0.500.